The van der Waals surface area contributed by atoms with Crippen molar-refractivity contribution in [3.63, 3.8) is 0 Å². The molecule has 1 atom stereocenters. The molecule has 0 saturated heterocycles. The number of rotatable bonds is 6. The van der Waals surface area contributed by atoms with Crippen molar-refractivity contribution in [2.45, 2.75) is 32.4 Å². The average molecular weight is 249 g/mol. The predicted molar refractivity (Wildman–Crippen MR) is 69.7 cm³/mol. The van der Waals surface area contributed by atoms with E-state index in [1.54, 1.807) is 18.2 Å². The fourth-order valence-electron chi connectivity index (χ4n) is 1.60. The van der Waals surface area contributed by atoms with Crippen molar-refractivity contribution in [2.24, 2.45) is 11.5 Å². The Bertz CT molecular complexity index is 432. The van der Waals surface area contributed by atoms with Crippen molar-refractivity contribution in [1.29, 1.82) is 0 Å². The zero-order chi connectivity index (χ0) is 13.5. The zero-order valence-electron chi connectivity index (χ0n) is 10.5. The van der Waals surface area contributed by atoms with Gasteiger partial charge in [0.1, 0.15) is 0 Å². The van der Waals surface area contributed by atoms with E-state index >= 15 is 0 Å². The maximum Gasteiger partial charge on any atom is 0.248 e. The molecule has 0 fully saturated rings. The Morgan fingerprint density at radius 2 is 2.11 bits per heavy atom. The van der Waals surface area contributed by atoms with Crippen LogP contribution in [0.1, 0.15) is 35.7 Å². The summed E-state index contributed by atoms with van der Waals surface area (Å²) >= 11 is 0. The molecule has 0 saturated carbocycles. The molecule has 5 N–H and O–H groups in total. The first-order valence-corrected chi connectivity index (χ1v) is 5.96. The predicted octanol–water partition coefficient (Wildman–Crippen LogP) is 0.529. The highest BCUT2D eigenvalue weighted by Crippen LogP contribution is 2.04. The third-order valence-electron chi connectivity index (χ3n) is 2.61. The van der Waals surface area contributed by atoms with E-state index in [1.165, 1.54) is 0 Å². The minimum atomic E-state index is -0.481. The number of hydrogen-bond donors (Lipinski definition) is 3. The minimum Gasteiger partial charge on any atom is -0.366 e. The summed E-state index contributed by atoms with van der Waals surface area (Å²) < 4.78 is 0. The standard InChI is InChI=1S/C13H19N3O2/c1-2-4-11(14)13(18)16-8-9-5-3-6-10(7-9)12(15)17/h3,5-7,11H,2,4,8,14H2,1H3,(H2,15,17)(H,16,18)/t11-/m0/s1. The Morgan fingerprint density at radius 1 is 1.39 bits per heavy atom. The van der Waals surface area contributed by atoms with Gasteiger partial charge in [-0.05, 0) is 24.1 Å². The molecule has 0 bridgehead atoms. The molecule has 0 aliphatic rings. The molecular weight excluding hydrogens is 230 g/mol. The van der Waals surface area contributed by atoms with Crippen LogP contribution < -0.4 is 16.8 Å². The first kappa shape index (κ1) is 14.2. The number of benzene rings is 1. The number of nitrogens with two attached hydrogens (primary N) is 2. The van der Waals surface area contributed by atoms with Gasteiger partial charge in [-0.25, -0.2) is 0 Å². The van der Waals surface area contributed by atoms with Gasteiger partial charge in [0, 0.05) is 12.1 Å². The Labute approximate surface area is 107 Å². The molecule has 2 amide bonds. The summed E-state index contributed by atoms with van der Waals surface area (Å²) in [6.45, 7) is 2.32. The molecule has 1 aromatic carbocycles. The molecule has 0 aliphatic carbocycles. The molecule has 98 valence electrons. The lowest BCUT2D eigenvalue weighted by Crippen LogP contribution is -2.40. The van der Waals surface area contributed by atoms with E-state index in [9.17, 15) is 9.59 Å². The Morgan fingerprint density at radius 3 is 2.72 bits per heavy atom. The quantitative estimate of drug-likeness (QED) is 0.685. The highest BCUT2D eigenvalue weighted by Gasteiger charge is 2.11. The summed E-state index contributed by atoms with van der Waals surface area (Å²) in [4.78, 5) is 22.6. The van der Waals surface area contributed by atoms with Crippen molar-refractivity contribution < 1.29 is 9.59 Å². The van der Waals surface area contributed by atoms with Crippen LogP contribution in [-0.2, 0) is 11.3 Å². The lowest BCUT2D eigenvalue weighted by atomic mass is 10.1. The lowest BCUT2D eigenvalue weighted by Gasteiger charge is -2.11. The van der Waals surface area contributed by atoms with Gasteiger partial charge >= 0.3 is 0 Å². The topological polar surface area (TPSA) is 98.2 Å². The van der Waals surface area contributed by atoms with Crippen molar-refractivity contribution in [3.05, 3.63) is 35.4 Å². The Balaban J connectivity index is 2.55. The summed E-state index contributed by atoms with van der Waals surface area (Å²) in [7, 11) is 0. The van der Waals surface area contributed by atoms with Gasteiger partial charge in [-0.2, -0.15) is 0 Å². The normalized spacial score (nSPS) is 11.9. The third kappa shape index (κ3) is 4.18. The van der Waals surface area contributed by atoms with E-state index in [-0.39, 0.29) is 5.91 Å². The summed E-state index contributed by atoms with van der Waals surface area (Å²) in [6, 6.07) is 6.37. The second kappa shape index (κ2) is 6.76. The van der Waals surface area contributed by atoms with Crippen molar-refractivity contribution in [1.82, 2.24) is 5.32 Å². The van der Waals surface area contributed by atoms with E-state index < -0.39 is 11.9 Å². The molecule has 18 heavy (non-hydrogen) atoms. The first-order valence-electron chi connectivity index (χ1n) is 5.96. The molecule has 5 heteroatoms. The molecule has 0 radical (unpaired) electrons. The van der Waals surface area contributed by atoms with Crippen LogP contribution in [-0.4, -0.2) is 17.9 Å². The number of amides is 2. The highest BCUT2D eigenvalue weighted by molar-refractivity contribution is 5.92. The van der Waals surface area contributed by atoms with Gasteiger partial charge in [-0.15, -0.1) is 0 Å². The van der Waals surface area contributed by atoms with Crippen molar-refractivity contribution >= 4 is 11.8 Å². The van der Waals surface area contributed by atoms with Crippen molar-refractivity contribution in [3.8, 4) is 0 Å². The number of primary amides is 1. The van der Waals surface area contributed by atoms with Gasteiger partial charge in [0.25, 0.3) is 0 Å². The molecular formula is C13H19N3O2. The Hall–Kier alpha value is -1.88. The lowest BCUT2D eigenvalue weighted by molar-refractivity contribution is -0.122. The van der Waals surface area contributed by atoms with Gasteiger partial charge in [-0.3, -0.25) is 9.59 Å². The van der Waals surface area contributed by atoms with Crippen LogP contribution in [0.25, 0.3) is 0 Å². The summed E-state index contributed by atoms with van der Waals surface area (Å²) in [5.74, 6) is -0.660. The number of carbonyl (C=O) groups excluding carboxylic acids is 2. The van der Waals surface area contributed by atoms with Crippen LogP contribution in [0.5, 0.6) is 0 Å². The van der Waals surface area contributed by atoms with Crippen LogP contribution >= 0.6 is 0 Å². The molecule has 0 heterocycles. The summed E-state index contributed by atoms with van der Waals surface area (Å²) in [5.41, 5.74) is 12.1. The molecule has 0 unspecified atom stereocenters. The number of carbonyl (C=O) groups is 2. The average Bonchev–Trinajstić information content (AvgIpc) is 2.36. The highest BCUT2D eigenvalue weighted by atomic mass is 16.2. The van der Waals surface area contributed by atoms with E-state index in [2.05, 4.69) is 5.32 Å². The van der Waals surface area contributed by atoms with Gasteiger partial charge in [0.2, 0.25) is 11.8 Å². The van der Waals surface area contributed by atoms with E-state index in [4.69, 9.17) is 11.5 Å². The molecule has 0 aliphatic heterocycles. The molecule has 1 rings (SSSR count). The molecule has 0 aromatic heterocycles. The third-order valence-corrected chi connectivity index (χ3v) is 2.61. The Kier molecular flexibility index (Phi) is 5.32. The van der Waals surface area contributed by atoms with Gasteiger partial charge < -0.3 is 16.8 Å². The zero-order valence-corrected chi connectivity index (χ0v) is 10.5. The maximum absolute atomic E-state index is 11.6. The second-order valence-corrected chi connectivity index (χ2v) is 4.18. The molecule has 0 spiro atoms. The van der Waals surface area contributed by atoms with Crippen LogP contribution in [0, 0.1) is 0 Å². The summed E-state index contributed by atoms with van der Waals surface area (Å²) in [5, 5.41) is 2.73. The summed E-state index contributed by atoms with van der Waals surface area (Å²) in [6.07, 6.45) is 1.53. The number of nitrogens with one attached hydrogen (secondary N) is 1. The fourth-order valence-corrected chi connectivity index (χ4v) is 1.60. The van der Waals surface area contributed by atoms with E-state index in [0.717, 1.165) is 12.0 Å². The van der Waals surface area contributed by atoms with Gasteiger partial charge in [0.15, 0.2) is 0 Å². The van der Waals surface area contributed by atoms with Gasteiger partial charge in [-0.1, -0.05) is 25.5 Å². The minimum absolute atomic E-state index is 0.179. The van der Waals surface area contributed by atoms with E-state index in [1.807, 2.05) is 13.0 Å². The van der Waals surface area contributed by atoms with Crippen LogP contribution in [0.3, 0.4) is 0 Å². The smallest absolute Gasteiger partial charge is 0.248 e. The monoisotopic (exact) mass is 249 g/mol. The SMILES string of the molecule is CCC[C@H](N)C(=O)NCc1cccc(C(N)=O)c1. The van der Waals surface area contributed by atoms with Gasteiger partial charge in [0.05, 0.1) is 6.04 Å². The van der Waals surface area contributed by atoms with Crippen molar-refractivity contribution in [2.75, 3.05) is 0 Å². The largest absolute Gasteiger partial charge is 0.366 e. The molecule has 5 nitrogen and oxygen atoms in total. The van der Waals surface area contributed by atoms with E-state index in [0.29, 0.717) is 18.5 Å². The maximum atomic E-state index is 11.6. The number of hydrogen-bond acceptors (Lipinski definition) is 3. The first-order chi connectivity index (χ1) is 8.54. The fraction of sp³-hybridized carbons (Fsp3) is 0.385. The van der Waals surface area contributed by atoms with Crippen LogP contribution in [0.4, 0.5) is 0 Å². The van der Waals surface area contributed by atoms with Crippen LogP contribution in [0.2, 0.25) is 0 Å². The molecule has 1 aromatic rings. The van der Waals surface area contributed by atoms with Crippen LogP contribution in [0.15, 0.2) is 24.3 Å². The second-order valence-electron chi connectivity index (χ2n) is 4.18.